The summed E-state index contributed by atoms with van der Waals surface area (Å²) in [7, 11) is 0. The Morgan fingerprint density at radius 3 is 1.75 bits per heavy atom. The van der Waals surface area contributed by atoms with Crippen molar-refractivity contribution < 1.29 is 0 Å². The van der Waals surface area contributed by atoms with E-state index < -0.39 is 0 Å². The fourth-order valence-corrected chi connectivity index (χ4v) is 8.50. The molecular formula is C51H36N2. The molecule has 1 aromatic heterocycles. The van der Waals surface area contributed by atoms with Crippen molar-refractivity contribution in [2.45, 2.75) is 19.3 Å². The van der Waals surface area contributed by atoms with Crippen LogP contribution in [0.3, 0.4) is 0 Å². The van der Waals surface area contributed by atoms with Crippen molar-refractivity contribution in [2.24, 2.45) is 0 Å². The number of nitrogens with zero attached hydrogens (tertiary/aromatic N) is 2. The van der Waals surface area contributed by atoms with Crippen LogP contribution in [0.2, 0.25) is 0 Å². The van der Waals surface area contributed by atoms with E-state index in [2.05, 4.69) is 178 Å². The largest absolute Gasteiger partial charge is 0.228 e. The van der Waals surface area contributed by atoms with Crippen LogP contribution < -0.4 is 0 Å². The quantitative estimate of drug-likeness (QED) is 0.181. The number of hydrogen-bond donors (Lipinski definition) is 0. The number of hydrogen-bond acceptors (Lipinski definition) is 2. The highest BCUT2D eigenvalue weighted by Gasteiger charge is 2.37. The molecule has 1 aliphatic rings. The van der Waals surface area contributed by atoms with Gasteiger partial charge in [-0.05, 0) is 84.3 Å². The molecule has 1 aliphatic carbocycles. The average molecular weight is 677 g/mol. The van der Waals surface area contributed by atoms with Gasteiger partial charge in [0.2, 0.25) is 0 Å². The van der Waals surface area contributed by atoms with E-state index in [1.54, 1.807) is 0 Å². The predicted octanol–water partition coefficient (Wildman–Crippen LogP) is 13.4. The molecule has 2 heteroatoms. The molecule has 0 bridgehead atoms. The molecule has 9 aromatic rings. The number of rotatable bonds is 5. The first kappa shape index (κ1) is 31.1. The SMILES string of the molecule is CC1(C)c2ccc(-c3ccc(-c4cc(-c5cccc(-c6ccccc6)c5)nc(-c5ccccc5)n4)c4ccccc34)cc2-c2ccc3ccccc3c21. The molecule has 250 valence electrons. The minimum absolute atomic E-state index is 0.0855. The fourth-order valence-electron chi connectivity index (χ4n) is 8.50. The lowest BCUT2D eigenvalue weighted by molar-refractivity contribution is 0.666. The summed E-state index contributed by atoms with van der Waals surface area (Å²) in [4.78, 5) is 10.4. The summed E-state index contributed by atoms with van der Waals surface area (Å²) in [5.41, 5.74) is 15.1. The van der Waals surface area contributed by atoms with Crippen LogP contribution >= 0.6 is 0 Å². The van der Waals surface area contributed by atoms with E-state index in [0.29, 0.717) is 5.82 Å². The van der Waals surface area contributed by atoms with Crippen LogP contribution in [-0.2, 0) is 5.41 Å². The maximum atomic E-state index is 5.23. The Hall–Kier alpha value is -6.64. The summed E-state index contributed by atoms with van der Waals surface area (Å²) in [5.74, 6) is 0.712. The Balaban J connectivity index is 1.13. The smallest absolute Gasteiger partial charge is 0.160 e. The van der Waals surface area contributed by atoms with Gasteiger partial charge in [0.05, 0.1) is 11.4 Å². The zero-order valence-electron chi connectivity index (χ0n) is 29.7. The van der Waals surface area contributed by atoms with Crippen LogP contribution in [-0.4, -0.2) is 9.97 Å². The van der Waals surface area contributed by atoms with Crippen molar-refractivity contribution in [3.63, 3.8) is 0 Å². The van der Waals surface area contributed by atoms with Gasteiger partial charge in [-0.15, -0.1) is 0 Å². The van der Waals surface area contributed by atoms with E-state index in [4.69, 9.17) is 9.97 Å². The summed E-state index contributed by atoms with van der Waals surface area (Å²) in [6.07, 6.45) is 0. The lowest BCUT2D eigenvalue weighted by atomic mass is 9.80. The molecule has 0 saturated carbocycles. The van der Waals surface area contributed by atoms with Gasteiger partial charge in [0, 0.05) is 22.1 Å². The molecule has 0 amide bonds. The minimum atomic E-state index is -0.0855. The van der Waals surface area contributed by atoms with Gasteiger partial charge in [-0.25, -0.2) is 9.97 Å². The van der Waals surface area contributed by atoms with E-state index >= 15 is 0 Å². The Labute approximate surface area is 310 Å². The van der Waals surface area contributed by atoms with Crippen molar-refractivity contribution in [1.82, 2.24) is 9.97 Å². The first-order valence-corrected chi connectivity index (χ1v) is 18.3. The van der Waals surface area contributed by atoms with Crippen LogP contribution in [0.4, 0.5) is 0 Å². The van der Waals surface area contributed by atoms with Crippen LogP contribution in [0.5, 0.6) is 0 Å². The van der Waals surface area contributed by atoms with Gasteiger partial charge >= 0.3 is 0 Å². The summed E-state index contributed by atoms with van der Waals surface area (Å²) < 4.78 is 0. The van der Waals surface area contributed by atoms with Crippen molar-refractivity contribution >= 4 is 21.5 Å². The predicted molar refractivity (Wildman–Crippen MR) is 222 cm³/mol. The second-order valence-electron chi connectivity index (χ2n) is 14.6. The Morgan fingerprint density at radius 2 is 0.962 bits per heavy atom. The number of fused-ring (bicyclic) bond motifs is 6. The fraction of sp³-hybridized carbons (Fsp3) is 0.0588. The van der Waals surface area contributed by atoms with Crippen molar-refractivity contribution in [1.29, 1.82) is 0 Å². The highest BCUT2D eigenvalue weighted by atomic mass is 14.9. The van der Waals surface area contributed by atoms with Crippen molar-refractivity contribution in [3.05, 3.63) is 193 Å². The Kier molecular flexibility index (Phi) is 7.19. The molecule has 0 saturated heterocycles. The molecule has 0 aliphatic heterocycles. The van der Waals surface area contributed by atoms with Gasteiger partial charge in [0.25, 0.3) is 0 Å². The zero-order valence-corrected chi connectivity index (χ0v) is 29.7. The summed E-state index contributed by atoms with van der Waals surface area (Å²) in [6, 6.07) is 65.3. The molecule has 53 heavy (non-hydrogen) atoms. The molecule has 8 aromatic carbocycles. The third-order valence-electron chi connectivity index (χ3n) is 11.1. The van der Waals surface area contributed by atoms with Crippen LogP contribution in [0, 0.1) is 0 Å². The average Bonchev–Trinajstić information content (AvgIpc) is 3.46. The molecule has 0 radical (unpaired) electrons. The maximum Gasteiger partial charge on any atom is 0.160 e. The van der Waals surface area contributed by atoms with Crippen LogP contribution in [0.25, 0.3) is 88.8 Å². The van der Waals surface area contributed by atoms with E-state index in [1.165, 1.54) is 60.5 Å². The van der Waals surface area contributed by atoms with Crippen LogP contribution in [0.15, 0.2) is 182 Å². The number of aromatic nitrogens is 2. The third-order valence-corrected chi connectivity index (χ3v) is 11.1. The van der Waals surface area contributed by atoms with Gasteiger partial charge < -0.3 is 0 Å². The van der Waals surface area contributed by atoms with Crippen LogP contribution in [0.1, 0.15) is 25.0 Å². The lowest BCUT2D eigenvalue weighted by Crippen LogP contribution is -2.15. The Morgan fingerprint density at radius 1 is 0.358 bits per heavy atom. The zero-order chi connectivity index (χ0) is 35.5. The second kappa shape index (κ2) is 12.3. The molecule has 0 unspecified atom stereocenters. The first-order valence-electron chi connectivity index (χ1n) is 18.3. The molecule has 0 spiro atoms. The summed E-state index contributed by atoms with van der Waals surface area (Å²) in [5, 5.41) is 5.00. The van der Waals surface area contributed by atoms with Crippen molar-refractivity contribution in [2.75, 3.05) is 0 Å². The van der Waals surface area contributed by atoms with E-state index in [9.17, 15) is 0 Å². The molecule has 10 rings (SSSR count). The number of benzene rings is 8. The van der Waals surface area contributed by atoms with Gasteiger partial charge in [0.1, 0.15) is 0 Å². The second-order valence-corrected chi connectivity index (χ2v) is 14.6. The van der Waals surface area contributed by atoms with E-state index in [0.717, 1.165) is 33.6 Å². The van der Waals surface area contributed by atoms with E-state index in [-0.39, 0.29) is 5.41 Å². The van der Waals surface area contributed by atoms with Crippen molar-refractivity contribution in [3.8, 4) is 67.3 Å². The first-order chi connectivity index (χ1) is 26.0. The molecule has 0 fully saturated rings. The molecule has 1 heterocycles. The minimum Gasteiger partial charge on any atom is -0.228 e. The van der Waals surface area contributed by atoms with E-state index in [1.807, 2.05) is 18.2 Å². The maximum absolute atomic E-state index is 5.23. The highest BCUT2D eigenvalue weighted by Crippen LogP contribution is 2.52. The molecule has 0 N–H and O–H groups in total. The monoisotopic (exact) mass is 676 g/mol. The summed E-state index contributed by atoms with van der Waals surface area (Å²) >= 11 is 0. The topological polar surface area (TPSA) is 25.8 Å². The lowest BCUT2D eigenvalue weighted by Gasteiger charge is -2.23. The standard InChI is InChI=1S/C51H36N2/c1-51(2)46-29-25-37(31-45(46)44-26-24-34-16-9-10-21-40(34)49(44)51)39-27-28-43(42-23-12-11-22-41(39)42)48-32-47(52-50(53-48)35-17-7-4-8-18-35)38-20-13-19-36(30-38)33-14-5-3-6-15-33/h3-32H,1-2H3. The van der Waals surface area contributed by atoms with Gasteiger partial charge in [0.15, 0.2) is 5.82 Å². The molecular weight excluding hydrogens is 641 g/mol. The highest BCUT2D eigenvalue weighted by molar-refractivity contribution is 6.06. The summed E-state index contributed by atoms with van der Waals surface area (Å²) in [6.45, 7) is 4.73. The van der Waals surface area contributed by atoms with Gasteiger partial charge in [-0.1, -0.05) is 178 Å². The molecule has 2 nitrogen and oxygen atoms in total. The van der Waals surface area contributed by atoms with Gasteiger partial charge in [-0.2, -0.15) is 0 Å². The third kappa shape index (κ3) is 5.18. The molecule has 0 atom stereocenters. The normalized spacial score (nSPS) is 12.9. The van der Waals surface area contributed by atoms with Gasteiger partial charge in [-0.3, -0.25) is 0 Å². The Bertz CT molecular complexity index is 2850.